The predicted octanol–water partition coefficient (Wildman–Crippen LogP) is 4.13. The number of hydrogen-bond donors (Lipinski definition) is 0. The summed E-state index contributed by atoms with van der Waals surface area (Å²) in [6.07, 6.45) is 5.81. The molecule has 3 heterocycles. The van der Waals surface area contributed by atoms with Crippen LogP contribution in [0.1, 0.15) is 48.5 Å². The average molecular weight is 408 g/mol. The summed E-state index contributed by atoms with van der Waals surface area (Å²) in [6, 6.07) is 9.68. The first-order chi connectivity index (χ1) is 14.5. The lowest BCUT2D eigenvalue weighted by Crippen LogP contribution is -2.39. The van der Waals surface area contributed by atoms with Crippen LogP contribution >= 0.6 is 0 Å². The number of carbonyl (C=O) groups is 1. The first-order valence-electron chi connectivity index (χ1n) is 10.5. The van der Waals surface area contributed by atoms with Crippen molar-refractivity contribution < 1.29 is 13.9 Å². The Morgan fingerprint density at radius 3 is 2.83 bits per heavy atom. The van der Waals surface area contributed by atoms with Crippen molar-refractivity contribution in [1.29, 1.82) is 0 Å². The van der Waals surface area contributed by atoms with E-state index in [1.807, 2.05) is 43.3 Å². The van der Waals surface area contributed by atoms with Gasteiger partial charge in [0.1, 0.15) is 11.3 Å². The van der Waals surface area contributed by atoms with Crippen LogP contribution in [0.5, 0.6) is 5.75 Å². The summed E-state index contributed by atoms with van der Waals surface area (Å²) in [6.45, 7) is 2.68. The van der Waals surface area contributed by atoms with Crippen LogP contribution in [-0.2, 0) is 18.3 Å². The van der Waals surface area contributed by atoms with Crippen molar-refractivity contribution in [1.82, 2.24) is 9.47 Å². The van der Waals surface area contributed by atoms with E-state index < -0.39 is 0 Å². The Morgan fingerprint density at radius 2 is 2.10 bits per heavy atom. The van der Waals surface area contributed by atoms with Crippen LogP contribution in [0.4, 0.5) is 0 Å². The highest BCUT2D eigenvalue weighted by Gasteiger charge is 2.29. The van der Waals surface area contributed by atoms with E-state index >= 15 is 0 Å². The molecular formula is C24H28N2O4. The van der Waals surface area contributed by atoms with Gasteiger partial charge in [0.2, 0.25) is 5.91 Å². The summed E-state index contributed by atoms with van der Waals surface area (Å²) >= 11 is 0. The standard InChI is InChI=1S/C24H28N2O4/c1-16-18-10-9-17(29-3)15-22(18)30-24(28)19(16)11-12-23(27)26-14-5-4-7-21(26)20-8-6-13-25(20)2/h6,8-10,13,15,21H,4-5,7,11-12,14H2,1-3H3/t21-/m0/s1. The van der Waals surface area contributed by atoms with E-state index in [4.69, 9.17) is 9.15 Å². The molecule has 6 heteroatoms. The normalized spacial score (nSPS) is 16.8. The molecule has 0 spiro atoms. The van der Waals surface area contributed by atoms with Crippen LogP contribution in [0.3, 0.4) is 0 Å². The number of fused-ring (bicyclic) bond motifs is 1. The Labute approximate surface area is 176 Å². The monoisotopic (exact) mass is 408 g/mol. The van der Waals surface area contributed by atoms with Crippen molar-refractivity contribution >= 4 is 16.9 Å². The maximum Gasteiger partial charge on any atom is 0.339 e. The van der Waals surface area contributed by atoms with Gasteiger partial charge in [-0.25, -0.2) is 4.79 Å². The summed E-state index contributed by atoms with van der Waals surface area (Å²) < 4.78 is 12.8. The second-order valence-corrected chi connectivity index (χ2v) is 8.00. The van der Waals surface area contributed by atoms with Gasteiger partial charge >= 0.3 is 5.63 Å². The zero-order chi connectivity index (χ0) is 21.3. The van der Waals surface area contributed by atoms with E-state index in [-0.39, 0.29) is 17.6 Å². The maximum atomic E-state index is 13.1. The molecule has 1 aliphatic heterocycles. The number of carbonyl (C=O) groups excluding carboxylic acids is 1. The third-order valence-electron chi connectivity index (χ3n) is 6.23. The second-order valence-electron chi connectivity index (χ2n) is 8.00. The molecule has 2 aromatic heterocycles. The number of rotatable bonds is 5. The lowest BCUT2D eigenvalue weighted by molar-refractivity contribution is -0.135. The van der Waals surface area contributed by atoms with Gasteiger partial charge in [0, 0.05) is 48.9 Å². The van der Waals surface area contributed by atoms with Crippen molar-refractivity contribution in [3.05, 3.63) is 63.8 Å². The number of nitrogens with zero attached hydrogens (tertiary/aromatic N) is 2. The van der Waals surface area contributed by atoms with Gasteiger partial charge in [-0.2, -0.15) is 0 Å². The number of piperidine rings is 1. The number of methoxy groups -OCH3 is 1. The molecule has 0 radical (unpaired) electrons. The summed E-state index contributed by atoms with van der Waals surface area (Å²) in [5.41, 5.74) is 2.74. The molecule has 30 heavy (non-hydrogen) atoms. The lowest BCUT2D eigenvalue weighted by atomic mass is 9.97. The van der Waals surface area contributed by atoms with E-state index in [0.717, 1.165) is 36.8 Å². The minimum atomic E-state index is -0.376. The van der Waals surface area contributed by atoms with E-state index in [9.17, 15) is 9.59 Å². The second kappa shape index (κ2) is 8.38. The fraction of sp³-hybridized carbons (Fsp3) is 0.417. The lowest BCUT2D eigenvalue weighted by Gasteiger charge is -2.36. The van der Waals surface area contributed by atoms with Crippen LogP contribution in [0.2, 0.25) is 0 Å². The predicted molar refractivity (Wildman–Crippen MR) is 116 cm³/mol. The van der Waals surface area contributed by atoms with Gasteiger partial charge in [-0.3, -0.25) is 4.79 Å². The first kappa shape index (κ1) is 20.3. The molecule has 4 rings (SSSR count). The molecule has 1 atom stereocenters. The summed E-state index contributed by atoms with van der Waals surface area (Å²) in [4.78, 5) is 27.7. The van der Waals surface area contributed by atoms with Gasteiger partial charge < -0.3 is 18.6 Å². The molecule has 0 aliphatic carbocycles. The SMILES string of the molecule is COc1ccc2c(C)c(CCC(=O)N3CCCC[C@H]3c3cccn3C)c(=O)oc2c1. The van der Waals surface area contributed by atoms with Crippen molar-refractivity contribution in [3.63, 3.8) is 0 Å². The van der Waals surface area contributed by atoms with Crippen molar-refractivity contribution in [2.45, 2.75) is 45.1 Å². The topological polar surface area (TPSA) is 64.7 Å². The van der Waals surface area contributed by atoms with Crippen molar-refractivity contribution in [3.8, 4) is 5.75 Å². The number of benzene rings is 1. The number of likely N-dealkylation sites (tertiary alicyclic amines) is 1. The van der Waals surface area contributed by atoms with Gasteiger partial charge in [0.25, 0.3) is 0 Å². The number of aromatic nitrogens is 1. The Balaban J connectivity index is 1.55. The minimum absolute atomic E-state index is 0.0922. The summed E-state index contributed by atoms with van der Waals surface area (Å²) in [5.74, 6) is 0.735. The zero-order valence-electron chi connectivity index (χ0n) is 17.8. The smallest absolute Gasteiger partial charge is 0.339 e. The van der Waals surface area contributed by atoms with Crippen LogP contribution < -0.4 is 10.4 Å². The van der Waals surface area contributed by atoms with E-state index in [0.29, 0.717) is 29.7 Å². The van der Waals surface area contributed by atoms with Crippen LogP contribution in [0.15, 0.2) is 45.7 Å². The maximum absolute atomic E-state index is 13.1. The number of ether oxygens (including phenoxy) is 1. The minimum Gasteiger partial charge on any atom is -0.497 e. The quantitative estimate of drug-likeness (QED) is 0.596. The molecule has 1 fully saturated rings. The molecule has 0 saturated carbocycles. The number of amides is 1. The Morgan fingerprint density at radius 1 is 1.27 bits per heavy atom. The van der Waals surface area contributed by atoms with Crippen molar-refractivity contribution in [2.24, 2.45) is 7.05 Å². The Kier molecular flexibility index (Phi) is 5.66. The molecule has 1 aliphatic rings. The molecule has 1 amide bonds. The molecular weight excluding hydrogens is 380 g/mol. The third-order valence-corrected chi connectivity index (χ3v) is 6.23. The number of aryl methyl sites for hydroxylation is 2. The average Bonchev–Trinajstić information content (AvgIpc) is 3.18. The van der Waals surface area contributed by atoms with Gasteiger partial charge in [0.05, 0.1) is 13.2 Å². The Hall–Kier alpha value is -3.02. The first-order valence-corrected chi connectivity index (χ1v) is 10.5. The zero-order valence-corrected chi connectivity index (χ0v) is 17.8. The van der Waals surface area contributed by atoms with Gasteiger partial charge in [-0.15, -0.1) is 0 Å². The summed E-state index contributed by atoms with van der Waals surface area (Å²) in [7, 11) is 3.60. The van der Waals surface area contributed by atoms with Gasteiger partial charge in [-0.05, 0) is 62.4 Å². The number of hydrogen-bond acceptors (Lipinski definition) is 4. The van der Waals surface area contributed by atoms with Gasteiger partial charge in [-0.1, -0.05) is 0 Å². The molecule has 158 valence electrons. The summed E-state index contributed by atoms with van der Waals surface area (Å²) in [5, 5.41) is 0.873. The molecule has 1 aromatic carbocycles. The molecule has 0 bridgehead atoms. The van der Waals surface area contributed by atoms with E-state index in [1.54, 1.807) is 13.2 Å². The third kappa shape index (κ3) is 3.74. The highest BCUT2D eigenvalue weighted by atomic mass is 16.5. The van der Waals surface area contributed by atoms with Gasteiger partial charge in [0.15, 0.2) is 0 Å². The fourth-order valence-corrected chi connectivity index (χ4v) is 4.52. The van der Waals surface area contributed by atoms with Crippen LogP contribution in [0.25, 0.3) is 11.0 Å². The van der Waals surface area contributed by atoms with Crippen molar-refractivity contribution in [2.75, 3.05) is 13.7 Å². The van der Waals surface area contributed by atoms with Crippen LogP contribution in [-0.4, -0.2) is 29.0 Å². The highest BCUT2D eigenvalue weighted by Crippen LogP contribution is 2.32. The molecule has 3 aromatic rings. The molecule has 0 N–H and O–H groups in total. The van der Waals surface area contributed by atoms with E-state index in [2.05, 4.69) is 10.6 Å². The largest absolute Gasteiger partial charge is 0.497 e. The Bertz CT molecular complexity index is 1130. The molecule has 1 saturated heterocycles. The fourth-order valence-electron chi connectivity index (χ4n) is 4.52. The van der Waals surface area contributed by atoms with Crippen LogP contribution in [0, 0.1) is 6.92 Å². The molecule has 6 nitrogen and oxygen atoms in total. The highest BCUT2D eigenvalue weighted by molar-refractivity contribution is 5.83. The van der Waals surface area contributed by atoms with E-state index in [1.165, 1.54) is 5.69 Å². The molecule has 0 unspecified atom stereocenters.